The molecule has 1 aromatic rings. The minimum Gasteiger partial charge on any atom is -0.481 e. The Balaban J connectivity index is 1.88. The van der Waals surface area contributed by atoms with Crippen LogP contribution in [0.1, 0.15) is 23.2 Å². The molecular weight excluding hydrogens is 336 g/mol. The average Bonchev–Trinajstić information content (AvgIpc) is 3.11. The van der Waals surface area contributed by atoms with Gasteiger partial charge in [0.15, 0.2) is 0 Å². The number of rotatable bonds is 3. The second-order valence-corrected chi connectivity index (χ2v) is 8.56. The highest BCUT2D eigenvalue weighted by Gasteiger charge is 2.55. The van der Waals surface area contributed by atoms with E-state index in [1.807, 2.05) is 0 Å². The molecule has 1 aromatic heterocycles. The normalized spacial score (nSPS) is 28.4. The maximum Gasteiger partial charge on any atom is 0.311 e. The van der Waals surface area contributed by atoms with E-state index in [0.717, 1.165) is 6.26 Å². The van der Waals surface area contributed by atoms with Gasteiger partial charge in [0.05, 0.1) is 23.5 Å². The van der Waals surface area contributed by atoms with Crippen LogP contribution in [-0.4, -0.2) is 67.0 Å². The number of hydrogen-bond acceptors (Lipinski definition) is 5. The second-order valence-electron chi connectivity index (χ2n) is 6.58. The monoisotopic (exact) mass is 356 g/mol. The van der Waals surface area contributed by atoms with Crippen LogP contribution >= 0.6 is 0 Å². The number of nitrogens with zero attached hydrogens (tertiary/aromatic N) is 2. The lowest BCUT2D eigenvalue weighted by atomic mass is 9.75. The molecule has 24 heavy (non-hydrogen) atoms. The topological polar surface area (TPSA) is 108 Å². The van der Waals surface area contributed by atoms with Crippen LogP contribution in [0.2, 0.25) is 0 Å². The maximum absolute atomic E-state index is 12.5. The van der Waals surface area contributed by atoms with Crippen molar-refractivity contribution in [3.63, 3.8) is 0 Å². The van der Waals surface area contributed by atoms with E-state index in [0.29, 0.717) is 24.9 Å². The first kappa shape index (κ1) is 17.0. The number of fused-ring (bicyclic) bond motifs is 1. The van der Waals surface area contributed by atoms with Crippen LogP contribution < -0.4 is 0 Å². The quantitative estimate of drug-likeness (QED) is 0.844. The number of carboxylic acids is 1. The number of aliphatic carboxylic acids is 1. The average molecular weight is 356 g/mol. The van der Waals surface area contributed by atoms with Crippen molar-refractivity contribution in [2.24, 2.45) is 11.3 Å². The summed E-state index contributed by atoms with van der Waals surface area (Å²) >= 11 is 0. The molecule has 132 valence electrons. The van der Waals surface area contributed by atoms with E-state index in [2.05, 4.69) is 0 Å². The summed E-state index contributed by atoms with van der Waals surface area (Å²) in [6, 6.07) is 1.56. The van der Waals surface area contributed by atoms with Gasteiger partial charge in [-0.1, -0.05) is 0 Å². The molecule has 2 aliphatic rings. The first-order chi connectivity index (χ1) is 11.2. The summed E-state index contributed by atoms with van der Waals surface area (Å²) in [5.41, 5.74) is -0.718. The molecule has 0 spiro atoms. The highest BCUT2D eigenvalue weighted by molar-refractivity contribution is 7.88. The van der Waals surface area contributed by atoms with Gasteiger partial charge in [-0.05, 0) is 18.9 Å². The van der Waals surface area contributed by atoms with E-state index >= 15 is 0 Å². The Kier molecular flexibility index (Phi) is 4.16. The van der Waals surface area contributed by atoms with E-state index in [4.69, 9.17) is 4.42 Å². The van der Waals surface area contributed by atoms with E-state index in [9.17, 15) is 23.1 Å². The van der Waals surface area contributed by atoms with Gasteiger partial charge in [0.2, 0.25) is 10.0 Å². The van der Waals surface area contributed by atoms with Gasteiger partial charge in [-0.15, -0.1) is 0 Å². The molecule has 0 aliphatic carbocycles. The minimum absolute atomic E-state index is 0.0282. The van der Waals surface area contributed by atoms with Crippen molar-refractivity contribution in [1.82, 2.24) is 9.21 Å². The number of sulfonamides is 1. The fourth-order valence-electron chi connectivity index (χ4n) is 3.74. The molecule has 1 N–H and O–H groups in total. The lowest BCUT2D eigenvalue weighted by Crippen LogP contribution is -2.42. The van der Waals surface area contributed by atoms with Gasteiger partial charge in [0.25, 0.3) is 5.91 Å². The van der Waals surface area contributed by atoms with Crippen LogP contribution in [0.15, 0.2) is 23.0 Å². The van der Waals surface area contributed by atoms with Crippen molar-refractivity contribution >= 4 is 21.9 Å². The SMILES string of the molecule is CS(=O)(=O)N1C[C@@H]2CN(C(=O)c3ccoc3)CCC[C@]2(C(=O)O)C1. The Morgan fingerprint density at radius 2 is 2.12 bits per heavy atom. The summed E-state index contributed by atoms with van der Waals surface area (Å²) in [5.74, 6) is -1.64. The van der Waals surface area contributed by atoms with Gasteiger partial charge in [-0.3, -0.25) is 9.59 Å². The van der Waals surface area contributed by atoms with Crippen molar-refractivity contribution in [3.8, 4) is 0 Å². The van der Waals surface area contributed by atoms with E-state index in [1.54, 1.807) is 11.0 Å². The summed E-state index contributed by atoms with van der Waals surface area (Å²) < 4.78 is 29.9. The van der Waals surface area contributed by atoms with Gasteiger partial charge in [-0.25, -0.2) is 12.7 Å². The Hall–Kier alpha value is -1.87. The fraction of sp³-hybridized carbons (Fsp3) is 0.600. The predicted octanol–water partition coefficient (Wildman–Crippen LogP) is 0.478. The molecule has 0 radical (unpaired) electrons. The number of hydrogen-bond donors (Lipinski definition) is 1. The first-order valence-electron chi connectivity index (χ1n) is 7.74. The zero-order valence-electron chi connectivity index (χ0n) is 13.3. The largest absolute Gasteiger partial charge is 0.481 e. The summed E-state index contributed by atoms with van der Waals surface area (Å²) in [6.07, 6.45) is 4.73. The van der Waals surface area contributed by atoms with Gasteiger partial charge >= 0.3 is 5.97 Å². The minimum atomic E-state index is -3.47. The number of amides is 1. The molecular formula is C15H20N2O6S. The van der Waals surface area contributed by atoms with Crippen molar-refractivity contribution in [2.45, 2.75) is 12.8 Å². The first-order valence-corrected chi connectivity index (χ1v) is 9.59. The van der Waals surface area contributed by atoms with Crippen LogP contribution in [0.25, 0.3) is 0 Å². The van der Waals surface area contributed by atoms with E-state index < -0.39 is 27.3 Å². The Bertz CT molecular complexity index is 744. The third kappa shape index (κ3) is 2.82. The summed E-state index contributed by atoms with van der Waals surface area (Å²) in [7, 11) is -3.47. The fourth-order valence-corrected chi connectivity index (χ4v) is 4.66. The Morgan fingerprint density at radius 3 is 2.71 bits per heavy atom. The predicted molar refractivity (Wildman–Crippen MR) is 83.8 cm³/mol. The highest BCUT2D eigenvalue weighted by atomic mass is 32.2. The smallest absolute Gasteiger partial charge is 0.311 e. The number of carbonyl (C=O) groups is 2. The molecule has 2 saturated heterocycles. The lowest BCUT2D eigenvalue weighted by molar-refractivity contribution is -0.150. The van der Waals surface area contributed by atoms with Gasteiger partial charge in [0.1, 0.15) is 6.26 Å². The van der Waals surface area contributed by atoms with E-state index in [1.165, 1.54) is 16.8 Å². The molecule has 2 fully saturated rings. The van der Waals surface area contributed by atoms with Crippen molar-refractivity contribution in [1.29, 1.82) is 0 Å². The van der Waals surface area contributed by atoms with Gasteiger partial charge < -0.3 is 14.4 Å². The maximum atomic E-state index is 12.5. The van der Waals surface area contributed by atoms with Gasteiger partial charge in [-0.2, -0.15) is 0 Å². The number of furan rings is 1. The van der Waals surface area contributed by atoms with E-state index in [-0.39, 0.29) is 25.5 Å². The lowest BCUT2D eigenvalue weighted by Gasteiger charge is -2.29. The highest BCUT2D eigenvalue weighted by Crippen LogP contribution is 2.43. The standard InChI is InChI=1S/C15H20N2O6S/c1-24(21,22)17-8-12-7-16(13(18)11-3-6-23-9-11)5-2-4-15(12,10-17)14(19)20/h3,6,9,12H,2,4-5,7-8,10H2,1H3,(H,19,20)/t12-,15-/m0/s1. The summed E-state index contributed by atoms with van der Waals surface area (Å²) in [6.45, 7) is 0.774. The molecule has 1 amide bonds. The Labute approximate surface area is 140 Å². The van der Waals surface area contributed by atoms with Crippen molar-refractivity contribution < 1.29 is 27.5 Å². The molecule has 0 saturated carbocycles. The molecule has 3 heterocycles. The van der Waals surface area contributed by atoms with Crippen LogP contribution in [-0.2, 0) is 14.8 Å². The van der Waals surface area contributed by atoms with Crippen LogP contribution in [0, 0.1) is 11.3 Å². The third-order valence-electron chi connectivity index (χ3n) is 5.11. The number of carboxylic acid groups (broad SMARTS) is 1. The number of carbonyl (C=O) groups excluding carboxylic acids is 1. The molecule has 2 atom stereocenters. The second kappa shape index (κ2) is 5.89. The number of likely N-dealkylation sites (tertiary alicyclic amines) is 1. The molecule has 0 unspecified atom stereocenters. The van der Waals surface area contributed by atoms with Gasteiger partial charge in [0, 0.05) is 32.1 Å². The molecule has 0 aromatic carbocycles. The Morgan fingerprint density at radius 1 is 1.38 bits per heavy atom. The molecule has 8 nitrogen and oxygen atoms in total. The third-order valence-corrected chi connectivity index (χ3v) is 6.32. The molecule has 9 heteroatoms. The zero-order valence-corrected chi connectivity index (χ0v) is 14.2. The molecule has 2 aliphatic heterocycles. The van der Waals surface area contributed by atoms with Crippen LogP contribution in [0.4, 0.5) is 0 Å². The molecule has 0 bridgehead atoms. The van der Waals surface area contributed by atoms with Crippen LogP contribution in [0.3, 0.4) is 0 Å². The van der Waals surface area contributed by atoms with Crippen LogP contribution in [0.5, 0.6) is 0 Å². The summed E-state index contributed by atoms with van der Waals surface area (Å²) in [5, 5.41) is 9.78. The van der Waals surface area contributed by atoms with Crippen molar-refractivity contribution in [2.75, 3.05) is 32.4 Å². The zero-order chi connectivity index (χ0) is 17.5. The molecule has 3 rings (SSSR count). The summed E-state index contributed by atoms with van der Waals surface area (Å²) in [4.78, 5) is 26.1. The van der Waals surface area contributed by atoms with Crippen molar-refractivity contribution in [3.05, 3.63) is 24.2 Å².